The number of hydrogen-bond donors (Lipinski definition) is 1. The van der Waals surface area contributed by atoms with Gasteiger partial charge in [-0.25, -0.2) is 0 Å². The Labute approximate surface area is 110 Å². The summed E-state index contributed by atoms with van der Waals surface area (Å²) in [4.78, 5) is 23.9. The fourth-order valence-electron chi connectivity index (χ4n) is 1.96. The first kappa shape index (κ1) is 13.3. The molecule has 0 aliphatic heterocycles. The van der Waals surface area contributed by atoms with Crippen LogP contribution in [0.4, 0.5) is 0 Å². The number of fused-ring (bicyclic) bond motifs is 1. The molecule has 19 heavy (non-hydrogen) atoms. The van der Waals surface area contributed by atoms with Gasteiger partial charge in [-0.15, -0.1) is 0 Å². The monoisotopic (exact) mass is 260 g/mol. The predicted octanol–water partition coefficient (Wildman–Crippen LogP) is 0.915. The van der Waals surface area contributed by atoms with Gasteiger partial charge in [0.25, 0.3) is 11.5 Å². The largest absolute Gasteiger partial charge is 0.383 e. The van der Waals surface area contributed by atoms with Gasteiger partial charge in [0, 0.05) is 32.2 Å². The molecule has 2 aromatic rings. The minimum atomic E-state index is -0.258. The quantitative estimate of drug-likeness (QED) is 0.831. The zero-order valence-corrected chi connectivity index (χ0v) is 11.0. The summed E-state index contributed by atoms with van der Waals surface area (Å²) in [6.07, 6.45) is 0. The number of methoxy groups -OCH3 is 1. The van der Waals surface area contributed by atoms with E-state index in [1.54, 1.807) is 14.2 Å². The predicted molar refractivity (Wildman–Crippen MR) is 73.4 cm³/mol. The summed E-state index contributed by atoms with van der Waals surface area (Å²) < 4.78 is 6.41. The fourth-order valence-corrected chi connectivity index (χ4v) is 1.96. The number of hydrogen-bond acceptors (Lipinski definition) is 3. The van der Waals surface area contributed by atoms with Crippen LogP contribution in [0.15, 0.2) is 35.1 Å². The Morgan fingerprint density at radius 2 is 2.11 bits per heavy atom. The Morgan fingerprint density at radius 1 is 1.37 bits per heavy atom. The summed E-state index contributed by atoms with van der Waals surface area (Å²) in [6.45, 7) is 0.855. The molecule has 1 amide bonds. The number of carbonyl (C=O) groups excluding carboxylic acids is 1. The van der Waals surface area contributed by atoms with Gasteiger partial charge in [-0.3, -0.25) is 9.59 Å². The number of nitrogens with one attached hydrogen (secondary N) is 1. The summed E-state index contributed by atoms with van der Waals surface area (Å²) in [5.41, 5.74) is 0.942. The van der Waals surface area contributed by atoms with Crippen molar-refractivity contribution in [2.45, 2.75) is 0 Å². The van der Waals surface area contributed by atoms with Crippen molar-refractivity contribution in [3.05, 3.63) is 46.2 Å². The number of para-hydroxylation sites is 1. The minimum Gasteiger partial charge on any atom is -0.383 e. The number of aryl methyl sites for hydroxylation is 1. The zero-order chi connectivity index (χ0) is 13.8. The third kappa shape index (κ3) is 2.66. The van der Waals surface area contributed by atoms with Crippen molar-refractivity contribution in [3.63, 3.8) is 0 Å². The second-order valence-electron chi connectivity index (χ2n) is 4.22. The normalized spacial score (nSPS) is 10.6. The number of aromatic nitrogens is 1. The SMILES string of the molecule is COCCNC(=O)c1cc(=O)n(C)c2ccccc12. The summed E-state index contributed by atoms with van der Waals surface area (Å²) >= 11 is 0. The van der Waals surface area contributed by atoms with E-state index in [2.05, 4.69) is 5.32 Å². The second-order valence-corrected chi connectivity index (χ2v) is 4.22. The third-order valence-corrected chi connectivity index (χ3v) is 2.99. The van der Waals surface area contributed by atoms with Crippen molar-refractivity contribution in [1.82, 2.24) is 9.88 Å². The van der Waals surface area contributed by atoms with Crippen LogP contribution in [0.3, 0.4) is 0 Å². The molecule has 0 fully saturated rings. The number of rotatable bonds is 4. The van der Waals surface area contributed by atoms with Crippen LogP contribution in [-0.4, -0.2) is 30.7 Å². The first-order chi connectivity index (χ1) is 9.15. The van der Waals surface area contributed by atoms with Crippen molar-refractivity contribution in [3.8, 4) is 0 Å². The van der Waals surface area contributed by atoms with Gasteiger partial charge in [0.2, 0.25) is 0 Å². The van der Waals surface area contributed by atoms with E-state index in [1.165, 1.54) is 10.6 Å². The van der Waals surface area contributed by atoms with Crippen LogP contribution in [0.2, 0.25) is 0 Å². The molecule has 0 bridgehead atoms. The van der Waals surface area contributed by atoms with Crippen LogP contribution in [0, 0.1) is 0 Å². The molecule has 5 nitrogen and oxygen atoms in total. The maximum atomic E-state index is 12.1. The molecule has 1 heterocycles. The van der Waals surface area contributed by atoms with Gasteiger partial charge in [-0.05, 0) is 6.07 Å². The van der Waals surface area contributed by atoms with Gasteiger partial charge in [0.1, 0.15) is 0 Å². The fraction of sp³-hybridized carbons (Fsp3) is 0.286. The number of carbonyl (C=O) groups is 1. The average molecular weight is 260 g/mol. The molecule has 0 unspecified atom stereocenters. The zero-order valence-electron chi connectivity index (χ0n) is 11.0. The highest BCUT2D eigenvalue weighted by molar-refractivity contribution is 6.06. The molecular formula is C14H16N2O3. The average Bonchev–Trinajstić information content (AvgIpc) is 2.43. The Bertz CT molecular complexity index is 661. The highest BCUT2D eigenvalue weighted by Gasteiger charge is 2.12. The molecule has 1 aromatic carbocycles. The van der Waals surface area contributed by atoms with Crippen LogP contribution < -0.4 is 10.9 Å². The highest BCUT2D eigenvalue weighted by Crippen LogP contribution is 2.15. The van der Waals surface area contributed by atoms with Gasteiger partial charge in [0.15, 0.2) is 0 Å². The molecule has 100 valence electrons. The van der Waals surface area contributed by atoms with Crippen molar-refractivity contribution >= 4 is 16.8 Å². The number of nitrogens with zero attached hydrogens (tertiary/aromatic N) is 1. The molecule has 0 saturated carbocycles. The summed E-state index contributed by atoms with van der Waals surface area (Å²) in [5.74, 6) is -0.258. The highest BCUT2D eigenvalue weighted by atomic mass is 16.5. The van der Waals surface area contributed by atoms with Crippen LogP contribution in [0.5, 0.6) is 0 Å². The number of benzene rings is 1. The van der Waals surface area contributed by atoms with Crippen molar-refractivity contribution in [2.24, 2.45) is 7.05 Å². The molecule has 1 N–H and O–H groups in total. The van der Waals surface area contributed by atoms with Crippen LogP contribution in [0.1, 0.15) is 10.4 Å². The first-order valence-electron chi connectivity index (χ1n) is 6.01. The molecule has 0 aliphatic carbocycles. The maximum Gasteiger partial charge on any atom is 0.252 e. The molecule has 0 saturated heterocycles. The van der Waals surface area contributed by atoms with Gasteiger partial charge in [0.05, 0.1) is 17.7 Å². The summed E-state index contributed by atoms with van der Waals surface area (Å²) in [6, 6.07) is 8.71. The third-order valence-electron chi connectivity index (χ3n) is 2.99. The summed E-state index contributed by atoms with van der Waals surface area (Å²) in [7, 11) is 3.26. The molecular weight excluding hydrogens is 244 g/mol. The van der Waals surface area contributed by atoms with E-state index in [-0.39, 0.29) is 11.5 Å². The topological polar surface area (TPSA) is 60.3 Å². The standard InChI is InChI=1S/C14H16N2O3/c1-16-12-6-4-3-5-10(12)11(9-13(16)17)14(18)15-7-8-19-2/h3-6,9H,7-8H2,1-2H3,(H,15,18). The number of ether oxygens (including phenoxy) is 1. The Hall–Kier alpha value is -2.14. The molecule has 0 aliphatic rings. The molecule has 0 radical (unpaired) electrons. The van der Waals surface area contributed by atoms with Crippen molar-refractivity contribution in [2.75, 3.05) is 20.3 Å². The van der Waals surface area contributed by atoms with Gasteiger partial charge >= 0.3 is 0 Å². The lowest BCUT2D eigenvalue weighted by molar-refractivity contribution is 0.0938. The second kappa shape index (κ2) is 5.67. The molecule has 0 atom stereocenters. The minimum absolute atomic E-state index is 0.199. The first-order valence-corrected chi connectivity index (χ1v) is 6.01. The molecule has 5 heteroatoms. The molecule has 0 spiro atoms. The number of pyridine rings is 1. The van der Waals surface area contributed by atoms with E-state index in [1.807, 2.05) is 24.3 Å². The van der Waals surface area contributed by atoms with Crippen LogP contribution in [-0.2, 0) is 11.8 Å². The smallest absolute Gasteiger partial charge is 0.252 e. The molecule has 1 aromatic heterocycles. The van der Waals surface area contributed by atoms with Gasteiger partial charge < -0.3 is 14.6 Å². The lowest BCUT2D eigenvalue weighted by Gasteiger charge is -2.10. The Kier molecular flexibility index (Phi) is 3.97. The maximum absolute atomic E-state index is 12.1. The van der Waals surface area contributed by atoms with E-state index in [4.69, 9.17) is 4.74 Å². The number of amides is 1. The van der Waals surface area contributed by atoms with Gasteiger partial charge in [-0.2, -0.15) is 0 Å². The Balaban J connectivity index is 2.46. The van der Waals surface area contributed by atoms with Crippen molar-refractivity contribution < 1.29 is 9.53 Å². The summed E-state index contributed by atoms with van der Waals surface area (Å²) in [5, 5.41) is 3.49. The van der Waals surface area contributed by atoms with E-state index >= 15 is 0 Å². The lowest BCUT2D eigenvalue weighted by Crippen LogP contribution is -2.29. The van der Waals surface area contributed by atoms with E-state index in [0.29, 0.717) is 18.7 Å². The van der Waals surface area contributed by atoms with Crippen molar-refractivity contribution in [1.29, 1.82) is 0 Å². The van der Waals surface area contributed by atoms with Crippen LogP contribution >= 0.6 is 0 Å². The van der Waals surface area contributed by atoms with E-state index in [9.17, 15) is 9.59 Å². The lowest BCUT2D eigenvalue weighted by atomic mass is 10.1. The van der Waals surface area contributed by atoms with E-state index < -0.39 is 0 Å². The van der Waals surface area contributed by atoms with E-state index in [0.717, 1.165) is 10.9 Å². The Morgan fingerprint density at radius 3 is 2.84 bits per heavy atom. The molecule has 2 rings (SSSR count). The van der Waals surface area contributed by atoms with Gasteiger partial charge in [-0.1, -0.05) is 18.2 Å². The van der Waals surface area contributed by atoms with Crippen LogP contribution in [0.25, 0.3) is 10.9 Å².